The van der Waals surface area contributed by atoms with Crippen LogP contribution in [0.3, 0.4) is 0 Å². The van der Waals surface area contributed by atoms with E-state index < -0.39 is 12.1 Å². The molecule has 0 heterocycles. The molecule has 0 spiro atoms. The summed E-state index contributed by atoms with van der Waals surface area (Å²) in [4.78, 5) is 20.6. The van der Waals surface area contributed by atoms with Crippen LogP contribution in [0.2, 0.25) is 0 Å². The van der Waals surface area contributed by atoms with E-state index in [1.54, 1.807) is 0 Å². The van der Waals surface area contributed by atoms with E-state index in [-0.39, 0.29) is 12.6 Å². The molecule has 0 fully saturated rings. The third-order valence-electron chi connectivity index (χ3n) is 2.58. The number of carbonyl (C=O) groups is 2. The largest absolute Gasteiger partial charge is 0.463 e. The molecule has 0 amide bonds. The van der Waals surface area contributed by atoms with Crippen LogP contribution < -0.4 is 0 Å². The van der Waals surface area contributed by atoms with Gasteiger partial charge in [-0.2, -0.15) is 0 Å². The van der Waals surface area contributed by atoms with Crippen molar-refractivity contribution in [3.63, 3.8) is 0 Å². The minimum absolute atomic E-state index is 0.0326. The molecule has 1 aromatic rings. The van der Waals surface area contributed by atoms with E-state index in [1.807, 2.05) is 43.3 Å². The zero-order chi connectivity index (χ0) is 20.2. The molecule has 0 radical (unpaired) electrons. The lowest BCUT2D eigenvalue weighted by Gasteiger charge is -2.02. The Labute approximate surface area is 156 Å². The predicted octanol–water partition coefficient (Wildman–Crippen LogP) is 3.94. The maximum atomic E-state index is 10.3. The van der Waals surface area contributed by atoms with Gasteiger partial charge in [-0.3, -0.25) is 0 Å². The highest BCUT2D eigenvalue weighted by atomic mass is 16.5. The van der Waals surface area contributed by atoms with Crippen molar-refractivity contribution in [1.29, 1.82) is 0 Å². The monoisotopic (exact) mass is 362 g/mol. The molecule has 1 aromatic carbocycles. The fraction of sp³-hybridized carbons (Fsp3) is 0.333. The fourth-order valence-corrected chi connectivity index (χ4v) is 1.23. The molecule has 0 aliphatic carbocycles. The molecule has 144 valence electrons. The van der Waals surface area contributed by atoms with Gasteiger partial charge in [-0.15, -0.1) is 0 Å². The number of carbonyl (C=O) groups excluding carboxylic acids is 2. The van der Waals surface area contributed by atoms with Crippen molar-refractivity contribution < 1.29 is 24.2 Å². The van der Waals surface area contributed by atoms with Gasteiger partial charge in [-0.1, -0.05) is 69.5 Å². The van der Waals surface area contributed by atoms with Crippen molar-refractivity contribution in [3.05, 3.63) is 67.8 Å². The van der Waals surface area contributed by atoms with Gasteiger partial charge in [-0.05, 0) is 18.9 Å². The standard InChI is InChI=1S/C8H8.C7H12O2.C6H10O3/c1-2-8-6-4-3-5-7-8;1-3-5-6-9-7(8)4-2;1-3-6(8)9-4-5(2)7/h2-7H,1H2;4H,2-3,5-6H2,1H3;3,5,7H,1,4H2,2H3. The first-order valence-electron chi connectivity index (χ1n) is 8.35. The van der Waals surface area contributed by atoms with Crippen molar-refractivity contribution in [1.82, 2.24) is 0 Å². The average molecular weight is 362 g/mol. The van der Waals surface area contributed by atoms with Gasteiger partial charge in [0.25, 0.3) is 0 Å². The molecule has 1 N–H and O–H groups in total. The van der Waals surface area contributed by atoms with Crippen molar-refractivity contribution in [2.45, 2.75) is 32.8 Å². The van der Waals surface area contributed by atoms with Gasteiger partial charge in [0.15, 0.2) is 0 Å². The summed E-state index contributed by atoms with van der Waals surface area (Å²) in [6, 6.07) is 10.0. The number of aliphatic hydroxyl groups excluding tert-OH is 1. The van der Waals surface area contributed by atoms with Crippen LogP contribution in [0.5, 0.6) is 0 Å². The Morgan fingerprint density at radius 1 is 1.08 bits per heavy atom. The molecule has 0 aliphatic heterocycles. The lowest BCUT2D eigenvalue weighted by Crippen LogP contribution is -2.13. The number of rotatable bonds is 8. The maximum absolute atomic E-state index is 10.3. The Balaban J connectivity index is 0. The third kappa shape index (κ3) is 19.4. The van der Waals surface area contributed by atoms with Crippen molar-refractivity contribution in [3.8, 4) is 0 Å². The summed E-state index contributed by atoms with van der Waals surface area (Å²) >= 11 is 0. The summed E-state index contributed by atoms with van der Waals surface area (Å²) in [5, 5.41) is 8.59. The van der Waals surface area contributed by atoms with Crippen LogP contribution in [0.15, 0.2) is 62.2 Å². The van der Waals surface area contributed by atoms with Crippen LogP contribution >= 0.6 is 0 Å². The number of esters is 2. The van der Waals surface area contributed by atoms with E-state index in [2.05, 4.69) is 29.2 Å². The quantitative estimate of drug-likeness (QED) is 0.431. The summed E-state index contributed by atoms with van der Waals surface area (Å²) in [7, 11) is 0. The Hall–Kier alpha value is -2.66. The van der Waals surface area contributed by atoms with Gasteiger partial charge in [0.1, 0.15) is 6.61 Å². The van der Waals surface area contributed by atoms with E-state index in [9.17, 15) is 9.59 Å². The SMILES string of the molecule is C=CC(=O)OCC(C)O.C=CC(=O)OCCCC.C=Cc1ccccc1. The van der Waals surface area contributed by atoms with E-state index in [1.165, 1.54) is 18.6 Å². The second kappa shape index (κ2) is 18.7. The lowest BCUT2D eigenvalue weighted by atomic mass is 10.2. The third-order valence-corrected chi connectivity index (χ3v) is 2.58. The minimum Gasteiger partial charge on any atom is -0.463 e. The van der Waals surface area contributed by atoms with Gasteiger partial charge in [-0.25, -0.2) is 9.59 Å². The first-order valence-corrected chi connectivity index (χ1v) is 8.35. The molecule has 0 aromatic heterocycles. The van der Waals surface area contributed by atoms with Crippen LogP contribution in [0.1, 0.15) is 32.3 Å². The molecule has 5 heteroatoms. The van der Waals surface area contributed by atoms with Crippen LogP contribution in [0, 0.1) is 0 Å². The van der Waals surface area contributed by atoms with Gasteiger partial charge >= 0.3 is 11.9 Å². The number of aliphatic hydroxyl groups is 1. The highest BCUT2D eigenvalue weighted by molar-refractivity contribution is 5.81. The Bertz CT molecular complexity index is 520. The molecular weight excluding hydrogens is 332 g/mol. The molecule has 1 atom stereocenters. The zero-order valence-electron chi connectivity index (χ0n) is 15.7. The van der Waals surface area contributed by atoms with Gasteiger partial charge in [0.05, 0.1) is 12.7 Å². The smallest absolute Gasteiger partial charge is 0.330 e. The average Bonchev–Trinajstić information content (AvgIpc) is 2.67. The van der Waals surface area contributed by atoms with Crippen molar-refractivity contribution in [2.75, 3.05) is 13.2 Å². The van der Waals surface area contributed by atoms with Crippen LogP contribution in [0.25, 0.3) is 6.08 Å². The molecule has 0 saturated carbocycles. The zero-order valence-corrected chi connectivity index (χ0v) is 15.7. The molecule has 5 nitrogen and oxygen atoms in total. The van der Waals surface area contributed by atoms with Crippen LogP contribution in [0.4, 0.5) is 0 Å². The van der Waals surface area contributed by atoms with Crippen LogP contribution in [-0.2, 0) is 19.1 Å². The minimum atomic E-state index is -0.603. The molecule has 0 bridgehead atoms. The Morgan fingerprint density at radius 2 is 1.62 bits per heavy atom. The van der Waals surface area contributed by atoms with Gasteiger partial charge < -0.3 is 14.6 Å². The molecule has 0 saturated heterocycles. The van der Waals surface area contributed by atoms with Crippen molar-refractivity contribution >= 4 is 18.0 Å². The second-order valence-corrected chi connectivity index (χ2v) is 5.02. The lowest BCUT2D eigenvalue weighted by molar-refractivity contribution is -0.140. The van der Waals surface area contributed by atoms with E-state index >= 15 is 0 Å². The topological polar surface area (TPSA) is 72.8 Å². The Kier molecular flexibility index (Phi) is 18.4. The maximum Gasteiger partial charge on any atom is 0.330 e. The predicted molar refractivity (Wildman–Crippen MR) is 105 cm³/mol. The number of unbranched alkanes of at least 4 members (excludes halogenated alkanes) is 1. The summed E-state index contributed by atoms with van der Waals surface area (Å²) in [6.45, 7) is 14.2. The normalized spacial score (nSPS) is 9.81. The highest BCUT2D eigenvalue weighted by Gasteiger charge is 1.98. The van der Waals surface area contributed by atoms with Crippen LogP contribution in [-0.4, -0.2) is 36.4 Å². The highest BCUT2D eigenvalue weighted by Crippen LogP contribution is 1.97. The first-order chi connectivity index (χ1) is 12.4. The van der Waals surface area contributed by atoms with E-state index in [0.717, 1.165) is 18.9 Å². The number of benzene rings is 1. The summed E-state index contributed by atoms with van der Waals surface area (Å²) < 4.78 is 9.12. The number of hydrogen-bond acceptors (Lipinski definition) is 5. The molecule has 1 unspecified atom stereocenters. The van der Waals surface area contributed by atoms with E-state index in [4.69, 9.17) is 5.11 Å². The number of ether oxygens (including phenoxy) is 2. The molecule has 1 rings (SSSR count). The Morgan fingerprint density at radius 3 is 2.00 bits per heavy atom. The summed E-state index contributed by atoms with van der Waals surface area (Å²) in [5.41, 5.74) is 1.17. The number of hydrogen-bond donors (Lipinski definition) is 1. The first kappa shape index (κ1) is 25.6. The van der Waals surface area contributed by atoms with Gasteiger partial charge in [0.2, 0.25) is 0 Å². The van der Waals surface area contributed by atoms with Gasteiger partial charge in [0, 0.05) is 12.2 Å². The summed E-state index contributed by atoms with van der Waals surface area (Å²) in [5.74, 6) is -0.834. The second-order valence-electron chi connectivity index (χ2n) is 5.02. The fourth-order valence-electron chi connectivity index (χ4n) is 1.23. The summed E-state index contributed by atoms with van der Waals surface area (Å²) in [6.07, 6.45) is 5.44. The molecule has 0 aliphatic rings. The van der Waals surface area contributed by atoms with Crippen molar-refractivity contribution in [2.24, 2.45) is 0 Å². The van der Waals surface area contributed by atoms with E-state index in [0.29, 0.717) is 6.61 Å². The molecular formula is C21H30O5. The molecule has 26 heavy (non-hydrogen) atoms.